The molecule has 27 heavy (non-hydrogen) atoms. The zero-order valence-electron chi connectivity index (χ0n) is 15.8. The average Bonchev–Trinajstić information content (AvgIpc) is 2.66. The molecule has 0 aliphatic rings. The number of carbonyl (C=O) groups is 1. The Hall–Kier alpha value is -2.38. The molecule has 6 nitrogen and oxygen atoms in total. The highest BCUT2D eigenvalue weighted by Gasteiger charge is 2.16. The molecule has 2 rings (SSSR count). The van der Waals surface area contributed by atoms with Crippen LogP contribution in [-0.2, 0) is 25.8 Å². The molecule has 0 heterocycles. The Balaban J connectivity index is 1.88. The van der Waals surface area contributed by atoms with E-state index in [0.29, 0.717) is 25.1 Å². The highest BCUT2D eigenvalue weighted by atomic mass is 32.2. The van der Waals surface area contributed by atoms with E-state index >= 15 is 0 Å². The van der Waals surface area contributed by atoms with Crippen molar-refractivity contribution in [3.8, 4) is 5.75 Å². The Bertz CT molecular complexity index is 862. The van der Waals surface area contributed by atoms with Crippen LogP contribution in [0.3, 0.4) is 0 Å². The highest BCUT2D eigenvalue weighted by Crippen LogP contribution is 2.26. The van der Waals surface area contributed by atoms with E-state index in [0.717, 1.165) is 11.1 Å². The lowest BCUT2D eigenvalue weighted by molar-refractivity contribution is -0.121. The second kappa shape index (κ2) is 9.53. The minimum atomic E-state index is -3.21. The summed E-state index contributed by atoms with van der Waals surface area (Å²) in [5, 5.41) is 2.87. The van der Waals surface area contributed by atoms with Gasteiger partial charge in [-0.2, -0.15) is 0 Å². The van der Waals surface area contributed by atoms with Gasteiger partial charge in [-0.1, -0.05) is 30.3 Å². The number of sulfone groups is 1. The van der Waals surface area contributed by atoms with E-state index in [9.17, 15) is 13.2 Å². The third-order valence-corrected chi connectivity index (χ3v) is 5.38. The lowest BCUT2D eigenvalue weighted by Crippen LogP contribution is -2.29. The van der Waals surface area contributed by atoms with Crippen LogP contribution in [0.2, 0.25) is 0 Å². The highest BCUT2D eigenvalue weighted by molar-refractivity contribution is 7.90. The molecule has 2 aromatic rings. The molecule has 0 saturated heterocycles. The molecule has 1 amide bonds. The first-order valence-electron chi connectivity index (χ1n) is 8.56. The first-order valence-corrected chi connectivity index (χ1v) is 10.5. The Morgan fingerprint density at radius 1 is 1.07 bits per heavy atom. The van der Waals surface area contributed by atoms with Gasteiger partial charge in [0.2, 0.25) is 5.91 Å². The van der Waals surface area contributed by atoms with E-state index in [2.05, 4.69) is 5.32 Å². The number of benzene rings is 2. The number of nitrogens with one attached hydrogen (secondary N) is 1. The number of hydrogen-bond acceptors (Lipinski definition) is 5. The van der Waals surface area contributed by atoms with Gasteiger partial charge in [-0.3, -0.25) is 4.79 Å². The van der Waals surface area contributed by atoms with Gasteiger partial charge >= 0.3 is 0 Å². The van der Waals surface area contributed by atoms with Gasteiger partial charge in [0.05, 0.1) is 12.0 Å². The van der Waals surface area contributed by atoms with E-state index < -0.39 is 9.84 Å². The molecule has 0 aliphatic heterocycles. The fraction of sp³-hybridized carbons (Fsp3) is 0.350. The maximum atomic E-state index is 12.2. The summed E-state index contributed by atoms with van der Waals surface area (Å²) < 4.78 is 33.8. The number of rotatable bonds is 9. The minimum Gasteiger partial charge on any atom is -0.496 e. The molecule has 0 spiro atoms. The molecule has 7 heteroatoms. The predicted molar refractivity (Wildman–Crippen MR) is 104 cm³/mol. The summed E-state index contributed by atoms with van der Waals surface area (Å²) in [5.74, 6) is 0.615. The van der Waals surface area contributed by atoms with Crippen LogP contribution in [0.5, 0.6) is 5.75 Å². The predicted octanol–water partition coefficient (Wildman–Crippen LogP) is 2.54. The van der Waals surface area contributed by atoms with Crippen molar-refractivity contribution < 1.29 is 22.7 Å². The number of amides is 1. The van der Waals surface area contributed by atoms with Crippen molar-refractivity contribution in [2.75, 3.05) is 27.0 Å². The maximum absolute atomic E-state index is 12.2. The van der Waals surface area contributed by atoms with Crippen molar-refractivity contribution in [3.63, 3.8) is 0 Å². The molecule has 0 bridgehead atoms. The Kier molecular flexibility index (Phi) is 7.38. The molecule has 0 aromatic heterocycles. The van der Waals surface area contributed by atoms with Crippen LogP contribution < -0.4 is 10.1 Å². The standard InChI is InChI=1S/C20H25NO5S/c1-25-18-7-5-4-6-17(18)19(26-2)14-21-20(22)13-10-15-8-11-16(12-9-15)27(3,23)24/h4-9,11-12,19H,10,13-14H2,1-3H3,(H,21,22)/t19-/m1/s1. The van der Waals surface area contributed by atoms with E-state index in [1.807, 2.05) is 24.3 Å². The van der Waals surface area contributed by atoms with Crippen LogP contribution in [0.15, 0.2) is 53.4 Å². The minimum absolute atomic E-state index is 0.0980. The molecular formula is C20H25NO5S. The Morgan fingerprint density at radius 2 is 1.74 bits per heavy atom. The Labute approximate surface area is 160 Å². The summed E-state index contributed by atoms with van der Waals surface area (Å²) in [4.78, 5) is 12.4. The van der Waals surface area contributed by atoms with Crippen molar-refractivity contribution in [2.45, 2.75) is 23.8 Å². The molecule has 0 radical (unpaired) electrons. The van der Waals surface area contributed by atoms with E-state index in [1.54, 1.807) is 38.5 Å². The molecule has 0 unspecified atom stereocenters. The largest absolute Gasteiger partial charge is 0.496 e. The van der Waals surface area contributed by atoms with E-state index in [1.165, 1.54) is 6.26 Å². The number of methoxy groups -OCH3 is 2. The second-order valence-electron chi connectivity index (χ2n) is 6.19. The van der Waals surface area contributed by atoms with Crippen LogP contribution in [0.1, 0.15) is 23.7 Å². The quantitative estimate of drug-likeness (QED) is 0.710. The SMILES string of the molecule is COc1ccccc1[C@@H](CNC(=O)CCc1ccc(S(C)(=O)=O)cc1)OC. The monoisotopic (exact) mass is 391 g/mol. The third-order valence-electron chi connectivity index (χ3n) is 4.25. The summed E-state index contributed by atoms with van der Waals surface area (Å²) in [7, 11) is -0.0212. The third kappa shape index (κ3) is 6.08. The number of ether oxygens (including phenoxy) is 2. The summed E-state index contributed by atoms with van der Waals surface area (Å²) in [5.41, 5.74) is 1.78. The van der Waals surface area contributed by atoms with Gasteiger partial charge in [0, 0.05) is 31.9 Å². The number of aryl methyl sites for hydroxylation is 1. The maximum Gasteiger partial charge on any atom is 0.220 e. The van der Waals surface area contributed by atoms with Gasteiger partial charge in [-0.15, -0.1) is 0 Å². The molecule has 0 saturated carbocycles. The van der Waals surface area contributed by atoms with Crippen LogP contribution in [0, 0.1) is 0 Å². The number of para-hydroxylation sites is 1. The smallest absolute Gasteiger partial charge is 0.220 e. The molecule has 0 aliphatic carbocycles. The van der Waals surface area contributed by atoms with Crippen molar-refractivity contribution in [2.24, 2.45) is 0 Å². The van der Waals surface area contributed by atoms with Crippen molar-refractivity contribution in [1.82, 2.24) is 5.32 Å². The van der Waals surface area contributed by atoms with Gasteiger partial charge < -0.3 is 14.8 Å². The van der Waals surface area contributed by atoms with Crippen LogP contribution in [-0.4, -0.2) is 41.3 Å². The fourth-order valence-corrected chi connectivity index (χ4v) is 3.34. The molecule has 2 aromatic carbocycles. The van der Waals surface area contributed by atoms with E-state index in [-0.39, 0.29) is 16.9 Å². The van der Waals surface area contributed by atoms with Crippen molar-refractivity contribution in [3.05, 3.63) is 59.7 Å². The lowest BCUT2D eigenvalue weighted by Gasteiger charge is -2.19. The molecule has 0 fully saturated rings. The Morgan fingerprint density at radius 3 is 2.33 bits per heavy atom. The van der Waals surface area contributed by atoms with Crippen LogP contribution in [0.25, 0.3) is 0 Å². The molecule has 1 N–H and O–H groups in total. The van der Waals surface area contributed by atoms with Gasteiger partial charge in [-0.05, 0) is 30.2 Å². The first-order chi connectivity index (χ1) is 12.8. The van der Waals surface area contributed by atoms with Gasteiger partial charge in [-0.25, -0.2) is 8.42 Å². The molecule has 1 atom stereocenters. The summed E-state index contributed by atoms with van der Waals surface area (Å²) in [6, 6.07) is 14.1. The summed E-state index contributed by atoms with van der Waals surface area (Å²) in [6.07, 6.45) is 1.70. The summed E-state index contributed by atoms with van der Waals surface area (Å²) >= 11 is 0. The van der Waals surface area contributed by atoms with Gasteiger partial charge in [0.25, 0.3) is 0 Å². The lowest BCUT2D eigenvalue weighted by atomic mass is 10.1. The van der Waals surface area contributed by atoms with Gasteiger partial charge in [0.1, 0.15) is 11.9 Å². The van der Waals surface area contributed by atoms with Gasteiger partial charge in [0.15, 0.2) is 9.84 Å². The number of hydrogen-bond donors (Lipinski definition) is 1. The van der Waals surface area contributed by atoms with Crippen LogP contribution in [0.4, 0.5) is 0 Å². The summed E-state index contributed by atoms with van der Waals surface area (Å²) in [6.45, 7) is 0.336. The van der Waals surface area contributed by atoms with Crippen molar-refractivity contribution >= 4 is 15.7 Å². The van der Waals surface area contributed by atoms with E-state index in [4.69, 9.17) is 9.47 Å². The molecular weight excluding hydrogens is 366 g/mol. The fourth-order valence-electron chi connectivity index (χ4n) is 2.71. The number of carbonyl (C=O) groups excluding carboxylic acids is 1. The first kappa shape index (κ1) is 20.9. The normalized spacial score (nSPS) is 12.4. The zero-order chi connectivity index (χ0) is 19.9. The second-order valence-corrected chi connectivity index (χ2v) is 8.20. The topological polar surface area (TPSA) is 81.7 Å². The average molecular weight is 391 g/mol. The van der Waals surface area contributed by atoms with Crippen molar-refractivity contribution in [1.29, 1.82) is 0 Å². The molecule has 146 valence electrons. The van der Waals surface area contributed by atoms with Crippen LogP contribution >= 0.6 is 0 Å². The zero-order valence-corrected chi connectivity index (χ0v) is 16.6.